The molecule has 23 heavy (non-hydrogen) atoms. The molecule has 2 aromatic heterocycles. The number of aromatic nitrogens is 3. The van der Waals surface area contributed by atoms with Crippen LogP contribution in [0.2, 0.25) is 0 Å². The van der Waals surface area contributed by atoms with Gasteiger partial charge in [0.15, 0.2) is 0 Å². The molecule has 7 nitrogen and oxygen atoms in total. The van der Waals surface area contributed by atoms with Crippen molar-refractivity contribution in [1.82, 2.24) is 15.0 Å². The first-order chi connectivity index (χ1) is 11.0. The molecule has 0 radical (unpaired) electrons. The van der Waals surface area contributed by atoms with Crippen molar-refractivity contribution in [3.05, 3.63) is 58.5 Å². The molecule has 0 saturated carbocycles. The lowest BCUT2D eigenvalue weighted by Crippen LogP contribution is -2.18. The minimum atomic E-state index is -0.462. The van der Waals surface area contributed by atoms with E-state index in [9.17, 15) is 10.1 Å². The van der Waals surface area contributed by atoms with Gasteiger partial charge in [0.2, 0.25) is 0 Å². The van der Waals surface area contributed by atoms with Crippen molar-refractivity contribution in [3.63, 3.8) is 0 Å². The highest BCUT2D eigenvalue weighted by atomic mass is 16.6. The predicted molar refractivity (Wildman–Crippen MR) is 88.2 cm³/mol. The number of para-hydroxylation sites is 2. The number of nitrogens with one attached hydrogen (secondary N) is 2. The number of benzene rings is 1. The van der Waals surface area contributed by atoms with Crippen molar-refractivity contribution < 1.29 is 4.92 Å². The Hall–Kier alpha value is -2.96. The maximum absolute atomic E-state index is 10.7. The van der Waals surface area contributed by atoms with Crippen LogP contribution >= 0.6 is 0 Å². The highest BCUT2D eigenvalue weighted by molar-refractivity contribution is 5.74. The Kier molecular flexibility index (Phi) is 3.92. The Bertz CT molecular complexity index is 793. The fraction of sp³-hybridized carbons (Fsp3) is 0.250. The van der Waals surface area contributed by atoms with Gasteiger partial charge in [0, 0.05) is 6.07 Å². The van der Waals surface area contributed by atoms with Crippen LogP contribution in [0.1, 0.15) is 25.7 Å². The molecule has 0 fully saturated rings. The van der Waals surface area contributed by atoms with Crippen LogP contribution < -0.4 is 5.32 Å². The number of rotatable bonds is 5. The van der Waals surface area contributed by atoms with Crippen molar-refractivity contribution in [2.24, 2.45) is 5.92 Å². The molecule has 2 N–H and O–H groups in total. The lowest BCUT2D eigenvalue weighted by Gasteiger charge is -2.20. The Balaban J connectivity index is 1.88. The molecule has 1 aromatic carbocycles. The van der Waals surface area contributed by atoms with Gasteiger partial charge in [-0.15, -0.1) is 0 Å². The van der Waals surface area contributed by atoms with E-state index in [1.165, 1.54) is 12.3 Å². The smallest absolute Gasteiger partial charge is 0.287 e. The summed E-state index contributed by atoms with van der Waals surface area (Å²) >= 11 is 0. The summed E-state index contributed by atoms with van der Waals surface area (Å²) in [4.78, 5) is 22.3. The number of imidazole rings is 1. The van der Waals surface area contributed by atoms with E-state index in [1.54, 1.807) is 6.07 Å². The quantitative estimate of drug-likeness (QED) is 0.553. The molecule has 2 heterocycles. The number of nitro groups is 1. The van der Waals surface area contributed by atoms with Gasteiger partial charge in [0.05, 0.1) is 22.0 Å². The first-order valence-electron chi connectivity index (χ1n) is 7.36. The third kappa shape index (κ3) is 3.13. The molecule has 0 unspecified atom stereocenters. The van der Waals surface area contributed by atoms with Crippen molar-refractivity contribution in [3.8, 4) is 0 Å². The van der Waals surface area contributed by atoms with Gasteiger partial charge in [0.25, 0.3) is 5.69 Å². The van der Waals surface area contributed by atoms with E-state index < -0.39 is 4.92 Å². The van der Waals surface area contributed by atoms with Gasteiger partial charge in [-0.1, -0.05) is 26.0 Å². The summed E-state index contributed by atoms with van der Waals surface area (Å²) in [6.45, 7) is 4.16. The number of nitrogens with zero attached hydrogens (tertiary/aromatic N) is 3. The number of hydrogen-bond acceptors (Lipinski definition) is 5. The third-order valence-electron chi connectivity index (χ3n) is 3.63. The minimum absolute atomic E-state index is 0.0274. The highest BCUT2D eigenvalue weighted by Crippen LogP contribution is 2.26. The van der Waals surface area contributed by atoms with Crippen LogP contribution in [-0.4, -0.2) is 19.9 Å². The van der Waals surface area contributed by atoms with E-state index in [-0.39, 0.29) is 17.6 Å². The van der Waals surface area contributed by atoms with Crippen LogP contribution in [0.5, 0.6) is 0 Å². The molecular weight excluding hydrogens is 294 g/mol. The second kappa shape index (κ2) is 6.04. The second-order valence-electron chi connectivity index (χ2n) is 5.66. The van der Waals surface area contributed by atoms with Crippen molar-refractivity contribution in [1.29, 1.82) is 0 Å². The Labute approximate surface area is 132 Å². The van der Waals surface area contributed by atoms with Crippen LogP contribution in [0.4, 0.5) is 11.5 Å². The van der Waals surface area contributed by atoms with Crippen molar-refractivity contribution in [2.75, 3.05) is 5.32 Å². The number of anilines is 1. The Morgan fingerprint density at radius 3 is 2.61 bits per heavy atom. The lowest BCUT2D eigenvalue weighted by molar-refractivity contribution is -0.385. The molecule has 0 saturated heterocycles. The maximum Gasteiger partial charge on any atom is 0.287 e. The maximum atomic E-state index is 10.7. The van der Waals surface area contributed by atoms with E-state index in [2.05, 4.69) is 34.1 Å². The van der Waals surface area contributed by atoms with Crippen LogP contribution in [0.25, 0.3) is 11.0 Å². The summed E-state index contributed by atoms with van der Waals surface area (Å²) in [6.07, 6.45) is 1.25. The summed E-state index contributed by atoms with van der Waals surface area (Å²) in [5.41, 5.74) is 1.86. The topological polar surface area (TPSA) is 96.7 Å². The second-order valence-corrected chi connectivity index (χ2v) is 5.66. The zero-order valence-corrected chi connectivity index (χ0v) is 12.9. The number of hydrogen-bond donors (Lipinski definition) is 2. The minimum Gasteiger partial charge on any atom is -0.360 e. The van der Waals surface area contributed by atoms with Crippen molar-refractivity contribution >= 4 is 22.5 Å². The predicted octanol–water partition coefficient (Wildman–Crippen LogP) is 3.68. The highest BCUT2D eigenvalue weighted by Gasteiger charge is 2.20. The molecule has 7 heteroatoms. The lowest BCUT2D eigenvalue weighted by atomic mass is 10.0. The first-order valence-corrected chi connectivity index (χ1v) is 7.36. The van der Waals surface area contributed by atoms with Gasteiger partial charge in [-0.25, -0.2) is 9.97 Å². The van der Waals surface area contributed by atoms with Crippen LogP contribution in [0, 0.1) is 16.0 Å². The zero-order valence-electron chi connectivity index (χ0n) is 12.9. The molecular formula is C16H17N5O2. The number of H-pyrrole nitrogens is 1. The van der Waals surface area contributed by atoms with E-state index in [0.717, 1.165) is 16.9 Å². The summed E-state index contributed by atoms with van der Waals surface area (Å²) in [7, 11) is 0. The van der Waals surface area contributed by atoms with Gasteiger partial charge in [-0.3, -0.25) is 10.1 Å². The van der Waals surface area contributed by atoms with Gasteiger partial charge < -0.3 is 10.3 Å². The summed E-state index contributed by atoms with van der Waals surface area (Å²) in [5, 5.41) is 14.0. The molecule has 0 bridgehead atoms. The standard InChI is InChI=1S/C16H17N5O2/c1-10(2)15(16-18-12-5-3-4-6-13(12)19-16)20-14-8-7-11(9-17-14)21(22)23/h3-10,15H,1-2H3,(H,17,20)(H,18,19)/t15-/m0/s1. The Morgan fingerprint density at radius 2 is 2.00 bits per heavy atom. The van der Waals surface area contributed by atoms with E-state index in [0.29, 0.717) is 5.82 Å². The normalized spacial score (nSPS) is 12.5. The molecule has 0 aliphatic heterocycles. The molecule has 3 rings (SSSR count). The van der Waals surface area contributed by atoms with E-state index >= 15 is 0 Å². The van der Waals surface area contributed by atoms with Crippen LogP contribution in [0.3, 0.4) is 0 Å². The summed E-state index contributed by atoms with van der Waals surface area (Å²) in [6, 6.07) is 10.8. The van der Waals surface area contributed by atoms with E-state index in [1.807, 2.05) is 24.3 Å². The SMILES string of the molecule is CC(C)[C@H](Nc1ccc([N+](=O)[O-])cn1)c1nc2ccccc2[nH]1. The van der Waals surface area contributed by atoms with Gasteiger partial charge in [0.1, 0.15) is 17.8 Å². The molecule has 0 spiro atoms. The molecule has 3 aromatic rings. The van der Waals surface area contributed by atoms with Crippen molar-refractivity contribution in [2.45, 2.75) is 19.9 Å². The monoisotopic (exact) mass is 311 g/mol. The fourth-order valence-electron chi connectivity index (χ4n) is 2.41. The fourth-order valence-corrected chi connectivity index (χ4v) is 2.41. The average Bonchev–Trinajstić information content (AvgIpc) is 2.96. The summed E-state index contributed by atoms with van der Waals surface area (Å²) in [5.74, 6) is 1.66. The number of fused-ring (bicyclic) bond motifs is 1. The van der Waals surface area contributed by atoms with E-state index in [4.69, 9.17) is 0 Å². The van der Waals surface area contributed by atoms with Gasteiger partial charge >= 0.3 is 0 Å². The van der Waals surface area contributed by atoms with Gasteiger partial charge in [-0.05, 0) is 24.1 Å². The molecule has 0 amide bonds. The largest absolute Gasteiger partial charge is 0.360 e. The molecule has 1 atom stereocenters. The molecule has 118 valence electrons. The number of aromatic amines is 1. The zero-order chi connectivity index (χ0) is 16.4. The van der Waals surface area contributed by atoms with Crippen LogP contribution in [0.15, 0.2) is 42.6 Å². The molecule has 0 aliphatic rings. The third-order valence-corrected chi connectivity index (χ3v) is 3.63. The summed E-state index contributed by atoms with van der Waals surface area (Å²) < 4.78 is 0. The van der Waals surface area contributed by atoms with Gasteiger partial charge in [-0.2, -0.15) is 0 Å². The average molecular weight is 311 g/mol. The molecule has 0 aliphatic carbocycles. The van der Waals surface area contributed by atoms with Crippen LogP contribution in [-0.2, 0) is 0 Å². The first kappa shape index (κ1) is 15.0. The number of pyridine rings is 1. The Morgan fingerprint density at radius 1 is 1.22 bits per heavy atom.